The lowest BCUT2D eigenvalue weighted by Gasteiger charge is -2.34. The number of nitrogens with zero attached hydrogens (tertiary/aromatic N) is 4. The van der Waals surface area contributed by atoms with E-state index in [4.69, 9.17) is 9.40 Å². The fourth-order valence-corrected chi connectivity index (χ4v) is 5.28. The molecule has 6 rings (SSSR count). The third-order valence-corrected chi connectivity index (χ3v) is 6.98. The van der Waals surface area contributed by atoms with Crippen LogP contribution in [0.1, 0.15) is 5.56 Å². The minimum absolute atomic E-state index is 0.140. The van der Waals surface area contributed by atoms with Crippen LogP contribution in [-0.2, 0) is 11.2 Å². The molecule has 0 saturated carbocycles. The molecule has 1 fully saturated rings. The third-order valence-electron chi connectivity index (χ3n) is 5.94. The fraction of sp³-hybridized carbons (Fsp3) is 0.208. The van der Waals surface area contributed by atoms with Crippen molar-refractivity contribution in [1.82, 2.24) is 14.9 Å². The van der Waals surface area contributed by atoms with Crippen LogP contribution in [0, 0.1) is 0 Å². The lowest BCUT2D eigenvalue weighted by Crippen LogP contribution is -2.49. The molecule has 154 valence electrons. The highest BCUT2D eigenvalue weighted by Crippen LogP contribution is 2.31. The van der Waals surface area contributed by atoms with Crippen molar-refractivity contribution in [3.63, 3.8) is 0 Å². The molecule has 7 heteroatoms. The number of thiazole rings is 1. The molecule has 0 spiro atoms. The zero-order valence-corrected chi connectivity index (χ0v) is 17.6. The van der Waals surface area contributed by atoms with E-state index in [1.54, 1.807) is 23.8 Å². The molecular formula is C24H20N4O2S. The number of carbonyl (C=O) groups excluding carboxylic acids is 1. The van der Waals surface area contributed by atoms with Gasteiger partial charge in [-0.25, -0.2) is 9.97 Å². The number of furan rings is 1. The zero-order chi connectivity index (χ0) is 20.8. The highest BCUT2D eigenvalue weighted by atomic mass is 32.1. The van der Waals surface area contributed by atoms with Crippen LogP contribution in [0.15, 0.2) is 65.4 Å². The Kier molecular flexibility index (Phi) is 4.35. The molecule has 1 saturated heterocycles. The Morgan fingerprint density at radius 1 is 1.03 bits per heavy atom. The summed E-state index contributed by atoms with van der Waals surface area (Å²) in [5.74, 6) is 0.140. The van der Waals surface area contributed by atoms with Crippen molar-refractivity contribution >= 4 is 54.5 Å². The number of fused-ring (bicyclic) bond motifs is 4. The van der Waals surface area contributed by atoms with Gasteiger partial charge in [-0.1, -0.05) is 41.7 Å². The van der Waals surface area contributed by atoms with Crippen LogP contribution in [-0.4, -0.2) is 47.0 Å². The molecule has 0 N–H and O–H groups in total. The van der Waals surface area contributed by atoms with E-state index >= 15 is 0 Å². The van der Waals surface area contributed by atoms with Crippen LogP contribution < -0.4 is 4.90 Å². The summed E-state index contributed by atoms with van der Waals surface area (Å²) < 4.78 is 5.76. The number of piperazine rings is 1. The number of rotatable bonds is 3. The molecule has 1 aliphatic rings. The highest BCUT2D eigenvalue weighted by Gasteiger charge is 2.24. The molecule has 0 bridgehead atoms. The predicted molar refractivity (Wildman–Crippen MR) is 124 cm³/mol. The van der Waals surface area contributed by atoms with E-state index in [2.05, 4.69) is 28.1 Å². The molecule has 0 radical (unpaired) electrons. The molecule has 0 aliphatic carbocycles. The van der Waals surface area contributed by atoms with Crippen molar-refractivity contribution in [2.24, 2.45) is 0 Å². The largest absolute Gasteiger partial charge is 0.464 e. The van der Waals surface area contributed by atoms with Gasteiger partial charge in [-0.15, -0.1) is 0 Å². The maximum atomic E-state index is 13.1. The monoisotopic (exact) mass is 428 g/mol. The van der Waals surface area contributed by atoms with Crippen LogP contribution >= 0.6 is 11.3 Å². The zero-order valence-electron chi connectivity index (χ0n) is 16.8. The minimum atomic E-state index is 0.140. The van der Waals surface area contributed by atoms with Gasteiger partial charge in [-0.2, -0.15) is 0 Å². The number of amides is 1. The first-order chi connectivity index (χ1) is 15.3. The van der Waals surface area contributed by atoms with Crippen molar-refractivity contribution in [3.05, 3.63) is 66.6 Å². The Bertz CT molecular complexity index is 1380. The van der Waals surface area contributed by atoms with E-state index in [0.717, 1.165) is 55.9 Å². The summed E-state index contributed by atoms with van der Waals surface area (Å²) >= 11 is 1.61. The second-order valence-corrected chi connectivity index (χ2v) is 8.75. The van der Waals surface area contributed by atoms with Crippen LogP contribution in [0.3, 0.4) is 0 Å². The molecule has 5 aromatic rings. The van der Waals surface area contributed by atoms with E-state index < -0.39 is 0 Å². The van der Waals surface area contributed by atoms with Crippen LogP contribution in [0.5, 0.6) is 0 Å². The van der Waals surface area contributed by atoms with E-state index in [0.29, 0.717) is 19.5 Å². The van der Waals surface area contributed by atoms with Gasteiger partial charge in [0, 0.05) is 43.3 Å². The molecule has 4 heterocycles. The molecule has 6 nitrogen and oxygen atoms in total. The normalized spacial score (nSPS) is 14.7. The van der Waals surface area contributed by atoms with Gasteiger partial charge in [0.05, 0.1) is 12.7 Å². The number of carbonyl (C=O) groups is 1. The number of anilines is 1. The SMILES string of the molecule is O=C(Cc1coc2ccc3ccccc3c12)N1CCN(c2nc3cccnc3s2)CC1. The summed E-state index contributed by atoms with van der Waals surface area (Å²) in [7, 11) is 0. The van der Waals surface area contributed by atoms with Gasteiger partial charge < -0.3 is 14.2 Å². The average Bonchev–Trinajstić information content (AvgIpc) is 3.43. The smallest absolute Gasteiger partial charge is 0.227 e. The third kappa shape index (κ3) is 3.21. The second kappa shape index (κ2) is 7.35. The first kappa shape index (κ1) is 18.3. The number of benzene rings is 2. The Labute approximate surface area is 182 Å². The summed E-state index contributed by atoms with van der Waals surface area (Å²) in [6.45, 7) is 2.94. The van der Waals surface area contributed by atoms with E-state index in [9.17, 15) is 4.79 Å². The van der Waals surface area contributed by atoms with Gasteiger partial charge in [0.1, 0.15) is 15.9 Å². The highest BCUT2D eigenvalue weighted by molar-refractivity contribution is 7.21. The van der Waals surface area contributed by atoms with E-state index in [-0.39, 0.29) is 5.91 Å². The maximum Gasteiger partial charge on any atom is 0.227 e. The van der Waals surface area contributed by atoms with Crippen LogP contribution in [0.4, 0.5) is 5.13 Å². The average molecular weight is 429 g/mol. The maximum absolute atomic E-state index is 13.1. The van der Waals surface area contributed by atoms with E-state index in [1.165, 1.54) is 0 Å². The Balaban J connectivity index is 1.18. The summed E-state index contributed by atoms with van der Waals surface area (Å²) in [6, 6.07) is 16.2. The Morgan fingerprint density at radius 2 is 1.90 bits per heavy atom. The number of aromatic nitrogens is 2. The fourth-order valence-electron chi connectivity index (χ4n) is 4.32. The lowest BCUT2D eigenvalue weighted by molar-refractivity contribution is -0.130. The van der Waals surface area contributed by atoms with Crippen molar-refractivity contribution in [1.29, 1.82) is 0 Å². The molecule has 1 aliphatic heterocycles. The molecular weight excluding hydrogens is 408 g/mol. The standard InChI is InChI=1S/C24H20N4O2S/c29-21(14-17-15-30-20-8-7-16-4-1-2-5-18(16)22(17)20)27-10-12-28(13-11-27)24-26-19-6-3-9-25-23(19)31-24/h1-9,15H,10-14H2. The first-order valence-corrected chi connectivity index (χ1v) is 11.2. The van der Waals surface area contributed by atoms with Gasteiger partial charge in [0.25, 0.3) is 0 Å². The lowest BCUT2D eigenvalue weighted by atomic mass is 10.0. The summed E-state index contributed by atoms with van der Waals surface area (Å²) in [6.07, 6.45) is 3.88. The number of hydrogen-bond donors (Lipinski definition) is 0. The molecule has 0 atom stereocenters. The van der Waals surface area contributed by atoms with Crippen molar-refractivity contribution < 1.29 is 9.21 Å². The van der Waals surface area contributed by atoms with E-state index in [1.807, 2.05) is 35.2 Å². The first-order valence-electron chi connectivity index (χ1n) is 10.4. The van der Waals surface area contributed by atoms with Gasteiger partial charge in [0.15, 0.2) is 5.13 Å². The Morgan fingerprint density at radius 3 is 2.77 bits per heavy atom. The molecule has 1 amide bonds. The van der Waals surface area contributed by atoms with Gasteiger partial charge >= 0.3 is 0 Å². The van der Waals surface area contributed by atoms with Crippen molar-refractivity contribution in [2.75, 3.05) is 31.1 Å². The predicted octanol–water partition coefficient (Wildman–Crippen LogP) is 4.48. The van der Waals surface area contributed by atoms with Crippen LogP contribution in [0.2, 0.25) is 0 Å². The topological polar surface area (TPSA) is 62.5 Å². The number of hydrogen-bond acceptors (Lipinski definition) is 6. The molecule has 2 aromatic carbocycles. The summed E-state index contributed by atoms with van der Waals surface area (Å²) in [5.41, 5.74) is 2.72. The van der Waals surface area contributed by atoms with Crippen molar-refractivity contribution in [2.45, 2.75) is 6.42 Å². The van der Waals surface area contributed by atoms with Crippen molar-refractivity contribution in [3.8, 4) is 0 Å². The van der Waals surface area contributed by atoms with Gasteiger partial charge in [0.2, 0.25) is 5.91 Å². The molecule has 31 heavy (non-hydrogen) atoms. The van der Waals surface area contributed by atoms with Gasteiger partial charge in [-0.05, 0) is 29.0 Å². The summed E-state index contributed by atoms with van der Waals surface area (Å²) in [4.78, 5) is 27.3. The van der Waals surface area contributed by atoms with Gasteiger partial charge in [-0.3, -0.25) is 4.79 Å². The van der Waals surface area contributed by atoms with Crippen LogP contribution in [0.25, 0.3) is 32.1 Å². The second-order valence-electron chi connectivity index (χ2n) is 7.79. The molecule has 3 aromatic heterocycles. The quantitative estimate of drug-likeness (QED) is 0.424. The Hall–Kier alpha value is -3.45. The number of pyridine rings is 1. The summed E-state index contributed by atoms with van der Waals surface area (Å²) in [5, 5.41) is 4.31. The molecule has 0 unspecified atom stereocenters. The minimum Gasteiger partial charge on any atom is -0.464 e.